The first-order valence-electron chi connectivity index (χ1n) is 5.59. The van der Waals surface area contributed by atoms with Gasteiger partial charge in [0.2, 0.25) is 5.28 Å². The van der Waals surface area contributed by atoms with Crippen LogP contribution in [0.2, 0.25) is 15.3 Å². The van der Waals surface area contributed by atoms with E-state index >= 15 is 0 Å². The third-order valence-electron chi connectivity index (χ3n) is 2.55. The lowest BCUT2D eigenvalue weighted by molar-refractivity contribution is 1.11. The summed E-state index contributed by atoms with van der Waals surface area (Å²) in [7, 11) is 0. The van der Waals surface area contributed by atoms with Gasteiger partial charge in [0.15, 0.2) is 0 Å². The second-order valence-electron chi connectivity index (χ2n) is 4.05. The molecule has 0 aliphatic heterocycles. The van der Waals surface area contributed by atoms with Crippen LogP contribution in [0.1, 0.15) is 4.88 Å². The normalized spacial score (nSPS) is 11.2. The quantitative estimate of drug-likeness (QED) is 0.407. The first kappa shape index (κ1) is 14.4. The minimum atomic E-state index is 0.236. The van der Waals surface area contributed by atoms with E-state index in [1.54, 1.807) is 23.5 Å². The lowest BCUT2D eigenvalue weighted by Crippen LogP contribution is -1.86. The van der Waals surface area contributed by atoms with E-state index < -0.39 is 0 Å². The number of thiophene rings is 1. The van der Waals surface area contributed by atoms with E-state index in [-0.39, 0.29) is 5.28 Å². The van der Waals surface area contributed by atoms with Gasteiger partial charge < -0.3 is 0 Å². The van der Waals surface area contributed by atoms with Gasteiger partial charge in [0, 0.05) is 20.2 Å². The summed E-state index contributed by atoms with van der Waals surface area (Å²) in [6.07, 6.45) is 0. The molecular weight excluding hydrogens is 355 g/mol. The lowest BCUT2D eigenvalue weighted by Gasteiger charge is -2.05. The van der Waals surface area contributed by atoms with Gasteiger partial charge in [-0.3, -0.25) is 0 Å². The molecule has 0 spiro atoms. The Balaban J connectivity index is 2.12. The highest BCUT2D eigenvalue weighted by Gasteiger charge is 2.13. The van der Waals surface area contributed by atoms with Crippen molar-refractivity contribution in [3.05, 3.63) is 44.5 Å². The van der Waals surface area contributed by atoms with Gasteiger partial charge in [-0.2, -0.15) is 0 Å². The van der Waals surface area contributed by atoms with Crippen LogP contribution < -0.4 is 0 Å². The fourth-order valence-corrected chi connectivity index (χ4v) is 4.37. The monoisotopic (exact) mass is 360 g/mol. The first-order chi connectivity index (χ1) is 9.52. The van der Waals surface area contributed by atoms with E-state index in [1.165, 1.54) is 11.8 Å². The van der Waals surface area contributed by atoms with Crippen LogP contribution in [-0.2, 0) is 0 Å². The zero-order valence-corrected chi connectivity index (χ0v) is 14.1. The molecule has 3 aromatic rings. The Kier molecular flexibility index (Phi) is 4.11. The predicted octanol–water partition coefficient (Wildman–Crippen LogP) is 6.11. The van der Waals surface area contributed by atoms with Gasteiger partial charge in [-0.25, -0.2) is 9.97 Å². The maximum Gasteiger partial charge on any atom is 0.224 e. The fourth-order valence-electron chi connectivity index (χ4n) is 1.73. The smallest absolute Gasteiger partial charge is 0.210 e. The molecule has 7 heteroatoms. The van der Waals surface area contributed by atoms with E-state index in [9.17, 15) is 0 Å². The molecule has 3 rings (SSSR count). The predicted molar refractivity (Wildman–Crippen MR) is 87.7 cm³/mol. The summed E-state index contributed by atoms with van der Waals surface area (Å²) < 4.78 is 0. The van der Waals surface area contributed by atoms with Crippen LogP contribution in [0.15, 0.2) is 34.2 Å². The zero-order valence-electron chi connectivity index (χ0n) is 10.2. The molecule has 102 valence electrons. The van der Waals surface area contributed by atoms with Crippen LogP contribution in [0.4, 0.5) is 0 Å². The molecule has 1 aromatic carbocycles. The van der Waals surface area contributed by atoms with E-state index in [1.807, 2.05) is 13.0 Å². The van der Waals surface area contributed by atoms with Crippen LogP contribution in [0, 0.1) is 6.92 Å². The van der Waals surface area contributed by atoms with E-state index in [2.05, 4.69) is 16.0 Å². The third-order valence-corrected chi connectivity index (χ3v) is 5.41. The van der Waals surface area contributed by atoms with Crippen LogP contribution in [-0.4, -0.2) is 9.97 Å². The average molecular weight is 362 g/mol. The summed E-state index contributed by atoms with van der Waals surface area (Å²) in [6, 6.07) is 7.39. The Morgan fingerprint density at radius 1 is 1.10 bits per heavy atom. The number of hydrogen-bond donors (Lipinski definition) is 0. The first-order valence-corrected chi connectivity index (χ1v) is 8.36. The number of nitrogens with zero attached hydrogens (tertiary/aromatic N) is 2. The molecule has 0 radical (unpaired) electrons. The Morgan fingerprint density at radius 3 is 2.70 bits per heavy atom. The topological polar surface area (TPSA) is 25.8 Å². The molecule has 0 saturated heterocycles. The molecule has 0 bridgehead atoms. The van der Waals surface area contributed by atoms with Gasteiger partial charge in [0.1, 0.15) is 9.86 Å². The highest BCUT2D eigenvalue weighted by molar-refractivity contribution is 7.99. The van der Waals surface area contributed by atoms with Gasteiger partial charge in [-0.05, 0) is 42.8 Å². The second-order valence-corrected chi connectivity index (χ2v) is 7.50. The Hall–Kier alpha value is -0.520. The summed E-state index contributed by atoms with van der Waals surface area (Å²) in [6.45, 7) is 2.03. The number of benzene rings is 1. The van der Waals surface area contributed by atoms with Crippen molar-refractivity contribution in [2.45, 2.75) is 16.8 Å². The summed E-state index contributed by atoms with van der Waals surface area (Å²) in [5.41, 5.74) is 0. The minimum Gasteiger partial charge on any atom is -0.210 e. The maximum absolute atomic E-state index is 6.19. The number of halogens is 3. The molecule has 0 aliphatic rings. The molecular formula is C13H7Cl3N2S2. The number of hydrogen-bond acceptors (Lipinski definition) is 4. The number of aryl methyl sites for hydroxylation is 1. The highest BCUT2D eigenvalue weighted by Crippen LogP contribution is 2.39. The number of fused-ring (bicyclic) bond motifs is 1. The van der Waals surface area contributed by atoms with Crippen molar-refractivity contribution in [2.75, 3.05) is 0 Å². The van der Waals surface area contributed by atoms with Crippen molar-refractivity contribution in [3.63, 3.8) is 0 Å². The zero-order chi connectivity index (χ0) is 14.3. The molecule has 0 saturated carbocycles. The molecule has 2 nitrogen and oxygen atoms in total. The molecule has 0 atom stereocenters. The van der Waals surface area contributed by atoms with Crippen LogP contribution >= 0.6 is 57.9 Å². The highest BCUT2D eigenvalue weighted by atomic mass is 35.5. The van der Waals surface area contributed by atoms with Gasteiger partial charge in [-0.15, -0.1) is 11.3 Å². The van der Waals surface area contributed by atoms with Gasteiger partial charge in [0.25, 0.3) is 0 Å². The number of rotatable bonds is 2. The molecule has 2 heterocycles. The van der Waals surface area contributed by atoms with E-state index in [0.717, 1.165) is 25.0 Å². The van der Waals surface area contributed by atoms with Crippen molar-refractivity contribution in [1.82, 2.24) is 9.97 Å². The minimum absolute atomic E-state index is 0.236. The molecule has 0 fully saturated rings. The SMILES string of the molecule is Cc1cc2c(Sc3cc(Cl)ccc3Cl)nc(Cl)nc2s1. The summed E-state index contributed by atoms with van der Waals surface area (Å²) in [4.78, 5) is 11.4. The van der Waals surface area contributed by atoms with Crippen molar-refractivity contribution < 1.29 is 0 Å². The summed E-state index contributed by atoms with van der Waals surface area (Å²) in [5, 5.41) is 3.27. The van der Waals surface area contributed by atoms with Crippen molar-refractivity contribution in [1.29, 1.82) is 0 Å². The second kappa shape index (κ2) is 5.70. The number of aromatic nitrogens is 2. The largest absolute Gasteiger partial charge is 0.224 e. The van der Waals surface area contributed by atoms with E-state index in [0.29, 0.717) is 10.0 Å². The summed E-state index contributed by atoms with van der Waals surface area (Å²) >= 11 is 21.2. The fraction of sp³-hybridized carbons (Fsp3) is 0.0769. The molecule has 0 N–H and O–H groups in total. The standard InChI is InChI=1S/C13H7Cl3N2S2/c1-6-4-8-11(19-6)17-13(16)18-12(8)20-10-5-7(14)2-3-9(10)15/h2-5H,1H3. The molecule has 2 aromatic heterocycles. The molecule has 0 unspecified atom stereocenters. The van der Waals surface area contributed by atoms with Gasteiger partial charge in [-0.1, -0.05) is 35.0 Å². The maximum atomic E-state index is 6.19. The third kappa shape index (κ3) is 2.90. The van der Waals surface area contributed by atoms with Crippen LogP contribution in [0.25, 0.3) is 10.2 Å². The van der Waals surface area contributed by atoms with Crippen molar-refractivity contribution in [3.8, 4) is 0 Å². The van der Waals surface area contributed by atoms with Crippen LogP contribution in [0.5, 0.6) is 0 Å². The van der Waals surface area contributed by atoms with Crippen molar-refractivity contribution in [2.24, 2.45) is 0 Å². The van der Waals surface area contributed by atoms with E-state index in [4.69, 9.17) is 34.8 Å². The Labute approximate surface area is 139 Å². The average Bonchev–Trinajstić information content (AvgIpc) is 2.74. The molecule has 0 aliphatic carbocycles. The van der Waals surface area contributed by atoms with Gasteiger partial charge in [0.05, 0.1) is 5.02 Å². The lowest BCUT2D eigenvalue weighted by atomic mass is 10.4. The molecule has 20 heavy (non-hydrogen) atoms. The molecule has 0 amide bonds. The van der Waals surface area contributed by atoms with Crippen molar-refractivity contribution >= 4 is 68.1 Å². The van der Waals surface area contributed by atoms with Gasteiger partial charge >= 0.3 is 0 Å². The summed E-state index contributed by atoms with van der Waals surface area (Å²) in [5.74, 6) is 0. The Bertz CT molecular complexity index is 802. The van der Waals surface area contributed by atoms with Crippen LogP contribution in [0.3, 0.4) is 0 Å². The Morgan fingerprint density at radius 2 is 1.90 bits per heavy atom.